The van der Waals surface area contributed by atoms with Gasteiger partial charge in [-0.2, -0.15) is 11.8 Å². The minimum absolute atomic E-state index is 0.161. The third-order valence-electron chi connectivity index (χ3n) is 3.13. The molecule has 1 N–H and O–H groups in total. The van der Waals surface area contributed by atoms with Crippen molar-refractivity contribution in [1.82, 2.24) is 10.3 Å². The molecule has 0 amide bonds. The maximum absolute atomic E-state index is 14.4. The van der Waals surface area contributed by atoms with Crippen LogP contribution in [0, 0.1) is 11.7 Å². The number of hydrogen-bond acceptors (Lipinski definition) is 4. The Morgan fingerprint density at radius 1 is 1.42 bits per heavy atom. The Bertz CT molecular complexity index is 406. The zero-order chi connectivity index (χ0) is 13.7. The molecular weight excluding hydrogens is 261 g/mol. The van der Waals surface area contributed by atoms with Gasteiger partial charge in [0.1, 0.15) is 0 Å². The molecule has 0 saturated carbocycles. The van der Waals surface area contributed by atoms with Crippen LogP contribution < -0.4 is 10.2 Å². The van der Waals surface area contributed by atoms with Gasteiger partial charge in [0, 0.05) is 42.9 Å². The van der Waals surface area contributed by atoms with Crippen LogP contribution in [-0.4, -0.2) is 36.1 Å². The third kappa shape index (κ3) is 4.08. The number of nitrogens with one attached hydrogen (secondary N) is 1. The lowest BCUT2D eigenvalue weighted by Crippen LogP contribution is -2.34. The molecule has 1 saturated heterocycles. The lowest BCUT2D eigenvalue weighted by atomic mass is 10.2. The Balaban J connectivity index is 2.04. The van der Waals surface area contributed by atoms with Crippen LogP contribution in [0.5, 0.6) is 0 Å². The Labute approximate surface area is 119 Å². The van der Waals surface area contributed by atoms with Crippen molar-refractivity contribution in [2.75, 3.05) is 36.0 Å². The number of rotatable bonds is 5. The first-order chi connectivity index (χ1) is 9.18. The fourth-order valence-electron chi connectivity index (χ4n) is 2.10. The highest BCUT2D eigenvalue weighted by Crippen LogP contribution is 2.22. The minimum atomic E-state index is -0.161. The van der Waals surface area contributed by atoms with Crippen LogP contribution in [0.25, 0.3) is 0 Å². The molecule has 0 bridgehead atoms. The van der Waals surface area contributed by atoms with Crippen molar-refractivity contribution in [2.45, 2.75) is 20.4 Å². The number of aromatic nitrogens is 1. The van der Waals surface area contributed by atoms with E-state index in [4.69, 9.17) is 0 Å². The summed E-state index contributed by atoms with van der Waals surface area (Å²) < 4.78 is 14.4. The fourth-order valence-corrected chi connectivity index (χ4v) is 3.00. The summed E-state index contributed by atoms with van der Waals surface area (Å²) in [5.41, 5.74) is 0.712. The predicted molar refractivity (Wildman–Crippen MR) is 80.3 cm³/mol. The molecule has 0 atom stereocenters. The first-order valence-corrected chi connectivity index (χ1v) is 8.00. The Kier molecular flexibility index (Phi) is 5.45. The number of pyridine rings is 1. The maximum atomic E-state index is 14.4. The van der Waals surface area contributed by atoms with E-state index in [1.807, 2.05) is 11.8 Å². The summed E-state index contributed by atoms with van der Waals surface area (Å²) in [6, 6.07) is 1.77. The van der Waals surface area contributed by atoms with Crippen LogP contribution >= 0.6 is 11.8 Å². The molecular formula is C14H22FN3S. The summed E-state index contributed by atoms with van der Waals surface area (Å²) in [7, 11) is 0. The van der Waals surface area contributed by atoms with Crippen molar-refractivity contribution in [3.63, 3.8) is 0 Å². The summed E-state index contributed by atoms with van der Waals surface area (Å²) >= 11 is 1.92. The molecule has 106 valence electrons. The standard InChI is InChI=1S/C14H22FN3S/c1-11(2)9-16-10-12-3-4-17-14(13(12)15)18-5-7-19-8-6-18/h3-4,11,16H,5-10H2,1-2H3. The van der Waals surface area contributed by atoms with Crippen LogP contribution in [0.2, 0.25) is 0 Å². The van der Waals surface area contributed by atoms with Crippen LogP contribution in [0.1, 0.15) is 19.4 Å². The van der Waals surface area contributed by atoms with Gasteiger partial charge < -0.3 is 10.2 Å². The highest BCUT2D eigenvalue weighted by molar-refractivity contribution is 7.99. The molecule has 1 aliphatic rings. The summed E-state index contributed by atoms with van der Waals surface area (Å²) in [6.45, 7) is 7.54. The van der Waals surface area contributed by atoms with E-state index in [0.717, 1.165) is 31.1 Å². The molecule has 0 aliphatic carbocycles. The summed E-state index contributed by atoms with van der Waals surface area (Å²) in [5, 5.41) is 3.28. The molecule has 5 heteroatoms. The zero-order valence-corrected chi connectivity index (χ0v) is 12.5. The summed E-state index contributed by atoms with van der Waals surface area (Å²) in [6.07, 6.45) is 1.71. The highest BCUT2D eigenvalue weighted by Gasteiger charge is 2.18. The minimum Gasteiger partial charge on any atom is -0.353 e. The second kappa shape index (κ2) is 7.10. The molecule has 1 fully saturated rings. The van der Waals surface area contributed by atoms with Gasteiger partial charge >= 0.3 is 0 Å². The smallest absolute Gasteiger partial charge is 0.170 e. The molecule has 2 rings (SSSR count). The summed E-state index contributed by atoms with van der Waals surface area (Å²) in [5.74, 6) is 3.03. The average molecular weight is 283 g/mol. The normalized spacial score (nSPS) is 16.1. The van der Waals surface area contributed by atoms with Crippen molar-refractivity contribution < 1.29 is 4.39 Å². The molecule has 0 radical (unpaired) electrons. The molecule has 0 unspecified atom stereocenters. The number of nitrogens with zero attached hydrogens (tertiary/aromatic N) is 2. The lowest BCUT2D eigenvalue weighted by Gasteiger charge is -2.28. The Morgan fingerprint density at radius 2 is 2.16 bits per heavy atom. The number of anilines is 1. The van der Waals surface area contributed by atoms with Gasteiger partial charge in [-0.25, -0.2) is 9.37 Å². The van der Waals surface area contributed by atoms with Gasteiger partial charge in [0.2, 0.25) is 0 Å². The quantitative estimate of drug-likeness (QED) is 0.899. The van der Waals surface area contributed by atoms with E-state index in [2.05, 4.69) is 29.0 Å². The first-order valence-electron chi connectivity index (χ1n) is 6.85. The molecule has 3 nitrogen and oxygen atoms in total. The predicted octanol–water partition coefficient (Wildman–Crippen LogP) is 2.52. The van der Waals surface area contributed by atoms with Crippen LogP contribution in [0.4, 0.5) is 10.2 Å². The van der Waals surface area contributed by atoms with Gasteiger partial charge in [-0.05, 0) is 18.5 Å². The largest absolute Gasteiger partial charge is 0.353 e. The average Bonchev–Trinajstić information content (AvgIpc) is 2.41. The van der Waals surface area contributed by atoms with E-state index in [1.165, 1.54) is 0 Å². The molecule has 2 heterocycles. The maximum Gasteiger partial charge on any atom is 0.170 e. The van der Waals surface area contributed by atoms with Crippen molar-refractivity contribution in [3.05, 3.63) is 23.6 Å². The monoisotopic (exact) mass is 283 g/mol. The van der Waals surface area contributed by atoms with Crippen molar-refractivity contribution in [3.8, 4) is 0 Å². The van der Waals surface area contributed by atoms with E-state index in [1.54, 1.807) is 12.3 Å². The highest BCUT2D eigenvalue weighted by atomic mass is 32.2. The SMILES string of the molecule is CC(C)CNCc1ccnc(N2CCSCC2)c1F. The Hall–Kier alpha value is -0.810. The van der Waals surface area contributed by atoms with Gasteiger partial charge in [-0.3, -0.25) is 0 Å². The Morgan fingerprint density at radius 3 is 2.84 bits per heavy atom. The zero-order valence-electron chi connectivity index (χ0n) is 11.7. The van der Waals surface area contributed by atoms with E-state index in [9.17, 15) is 4.39 Å². The number of hydrogen-bond donors (Lipinski definition) is 1. The summed E-state index contributed by atoms with van der Waals surface area (Å²) in [4.78, 5) is 6.27. The van der Waals surface area contributed by atoms with Gasteiger partial charge in [-0.15, -0.1) is 0 Å². The van der Waals surface area contributed by atoms with Gasteiger partial charge in [0.05, 0.1) is 0 Å². The molecule has 1 aromatic heterocycles. The molecule has 1 aliphatic heterocycles. The van der Waals surface area contributed by atoms with Crippen molar-refractivity contribution in [1.29, 1.82) is 0 Å². The third-order valence-corrected chi connectivity index (χ3v) is 4.07. The van der Waals surface area contributed by atoms with E-state index in [0.29, 0.717) is 23.8 Å². The number of halogens is 1. The fraction of sp³-hybridized carbons (Fsp3) is 0.643. The second-order valence-electron chi connectivity index (χ2n) is 5.23. The number of thioether (sulfide) groups is 1. The van der Waals surface area contributed by atoms with Crippen LogP contribution in [0.3, 0.4) is 0 Å². The first kappa shape index (κ1) is 14.6. The van der Waals surface area contributed by atoms with E-state index < -0.39 is 0 Å². The second-order valence-corrected chi connectivity index (χ2v) is 6.46. The molecule has 0 spiro atoms. The molecule has 19 heavy (non-hydrogen) atoms. The molecule has 1 aromatic rings. The van der Waals surface area contributed by atoms with Crippen LogP contribution in [-0.2, 0) is 6.54 Å². The lowest BCUT2D eigenvalue weighted by molar-refractivity contribution is 0.532. The van der Waals surface area contributed by atoms with Gasteiger partial charge in [0.15, 0.2) is 11.6 Å². The molecule has 0 aromatic carbocycles. The van der Waals surface area contributed by atoms with E-state index in [-0.39, 0.29) is 5.82 Å². The van der Waals surface area contributed by atoms with Crippen LogP contribution in [0.15, 0.2) is 12.3 Å². The van der Waals surface area contributed by atoms with E-state index >= 15 is 0 Å². The van der Waals surface area contributed by atoms with Gasteiger partial charge in [-0.1, -0.05) is 13.8 Å². The van der Waals surface area contributed by atoms with Gasteiger partial charge in [0.25, 0.3) is 0 Å². The van der Waals surface area contributed by atoms with Crippen molar-refractivity contribution in [2.24, 2.45) is 5.92 Å². The van der Waals surface area contributed by atoms with Crippen molar-refractivity contribution >= 4 is 17.6 Å². The topological polar surface area (TPSA) is 28.2 Å².